The fraction of sp³-hybridized carbons (Fsp3) is 0.552. The molecule has 80 heavy (non-hydrogen) atoms. The zero-order chi connectivity index (χ0) is 59.3. The van der Waals surface area contributed by atoms with Gasteiger partial charge in [-0.15, -0.1) is 0 Å². The summed E-state index contributed by atoms with van der Waals surface area (Å²) in [5.41, 5.74) is 6.23. The molecule has 1 heterocycles. The van der Waals surface area contributed by atoms with E-state index in [9.17, 15) is 0 Å². The van der Waals surface area contributed by atoms with E-state index in [-0.39, 0.29) is 35.0 Å². The maximum absolute atomic E-state index is 6.14. The summed E-state index contributed by atoms with van der Waals surface area (Å²) in [6.45, 7) is 40.6. The fourth-order valence-electron chi connectivity index (χ4n) is 8.31. The first-order valence-electron chi connectivity index (χ1n) is 28.7. The lowest BCUT2D eigenvalue weighted by molar-refractivity contribution is -0.171. The van der Waals surface area contributed by atoms with Gasteiger partial charge in [-0.25, -0.2) is 0 Å². The number of hydrogen-bond acceptors (Lipinski definition) is 11. The van der Waals surface area contributed by atoms with Crippen LogP contribution in [-0.4, -0.2) is 96.3 Å². The highest BCUT2D eigenvalue weighted by atomic mass is 28.4. The van der Waals surface area contributed by atoms with E-state index in [4.69, 9.17) is 47.4 Å². The molecule has 0 saturated carbocycles. The molecule has 1 aliphatic heterocycles. The summed E-state index contributed by atoms with van der Waals surface area (Å²) in [5.74, 6) is 0. The minimum Gasteiger partial charge on any atom is -0.376 e. The number of nitrogens with zero attached hydrogens (tertiary/aromatic N) is 1. The molecule has 0 aromatic heterocycles. The Kier molecular flexibility index (Phi) is 31.0. The first kappa shape index (κ1) is 70.4. The molecule has 1 aliphatic rings. The van der Waals surface area contributed by atoms with Gasteiger partial charge in [0.25, 0.3) is 0 Å². The van der Waals surface area contributed by atoms with Crippen molar-refractivity contribution in [2.75, 3.05) is 40.6 Å². The highest BCUT2D eigenvalue weighted by molar-refractivity contribution is 6.95. The molecule has 6 rings (SSSR count). The summed E-state index contributed by atoms with van der Waals surface area (Å²) in [7, 11) is 1.02. The summed E-state index contributed by atoms with van der Waals surface area (Å²) < 4.78 is 59.9. The average Bonchev–Trinajstić information content (AvgIpc) is 3.63. The third kappa shape index (κ3) is 32.1. The summed E-state index contributed by atoms with van der Waals surface area (Å²) in [4.78, 5) is 0. The van der Waals surface area contributed by atoms with Gasteiger partial charge in [-0.1, -0.05) is 172 Å². The van der Waals surface area contributed by atoms with Crippen LogP contribution in [0, 0.1) is 0 Å². The van der Waals surface area contributed by atoms with Crippen molar-refractivity contribution in [1.29, 1.82) is 0 Å². The van der Waals surface area contributed by atoms with Crippen molar-refractivity contribution in [2.45, 2.75) is 202 Å². The number of ether oxygens (including phenoxy) is 10. The SMILES string of the molecule is CC(C)(C)OCCC(OCc1ccccc1)OCc1ccccc1.CC(C)(C)OCCN1[Si](C)(C)CC[Si]1(C)C.CC(C)(C)OCc1ccc(C(OCc2ccccc2)OCc2ccccc2)cc1.COC(COC(C)(C)C)OC. The van der Waals surface area contributed by atoms with Gasteiger partial charge < -0.3 is 51.6 Å². The quantitative estimate of drug-likeness (QED) is 0.0413. The summed E-state index contributed by atoms with van der Waals surface area (Å²) >= 11 is 0. The molecule has 0 bridgehead atoms. The van der Waals surface area contributed by atoms with Crippen LogP contribution in [0.2, 0.25) is 38.3 Å². The largest absolute Gasteiger partial charge is 0.376 e. The Morgan fingerprint density at radius 2 is 0.725 bits per heavy atom. The standard InChI is InChI=1S/C26H30O3.C21H28O3.C12H29NOSi2.C8H18O3/c1-26(2,3)29-20-23-14-16-24(17-15-23)25(27-18-21-10-6-4-7-11-21)28-19-22-12-8-5-9-13-22;1-21(2,3)24-15-14-20(22-16-18-10-6-4-7-11-18)23-17-19-12-8-5-9-13-19;1-12(2,3)14-9-8-13-15(4,5)10-11-16(13,6)7;1-8(2,3)11-6-7(9-4)10-5/h4-17,25H,18-20H2,1-3H3;4-13,20H,14-17H2,1-3H3;8-11H2,1-7H3;7H,6H2,1-5H3. The molecular weight excluding hydrogens is 1030 g/mol. The Morgan fingerprint density at radius 1 is 0.388 bits per heavy atom. The lowest BCUT2D eigenvalue weighted by Gasteiger charge is -2.39. The normalized spacial score (nSPS) is 14.5. The van der Waals surface area contributed by atoms with Crippen LogP contribution >= 0.6 is 0 Å². The Labute approximate surface area is 487 Å². The van der Waals surface area contributed by atoms with E-state index in [0.717, 1.165) is 46.5 Å². The predicted molar refractivity (Wildman–Crippen MR) is 333 cm³/mol. The minimum atomic E-state index is -1.09. The highest BCUT2D eigenvalue weighted by Gasteiger charge is 2.46. The predicted octanol–water partition coefficient (Wildman–Crippen LogP) is 16.3. The van der Waals surface area contributed by atoms with E-state index in [1.807, 2.05) is 93.6 Å². The summed E-state index contributed by atoms with van der Waals surface area (Å²) in [5, 5.41) is 0. The molecular formula is C67H105NO10Si2. The topological polar surface area (TPSA) is 95.5 Å². The van der Waals surface area contributed by atoms with Crippen molar-refractivity contribution in [3.63, 3.8) is 0 Å². The molecule has 5 aromatic carbocycles. The third-order valence-corrected chi connectivity index (χ3v) is 23.1. The van der Waals surface area contributed by atoms with E-state index >= 15 is 0 Å². The molecule has 1 fully saturated rings. The van der Waals surface area contributed by atoms with Crippen molar-refractivity contribution in [2.24, 2.45) is 0 Å². The second kappa shape index (κ2) is 35.3. The second-order valence-corrected chi connectivity index (χ2v) is 35.2. The molecule has 1 saturated heterocycles. The van der Waals surface area contributed by atoms with Gasteiger partial charge in [-0.3, -0.25) is 0 Å². The van der Waals surface area contributed by atoms with Gasteiger partial charge in [0.15, 0.2) is 18.9 Å². The van der Waals surface area contributed by atoms with E-state index in [1.165, 1.54) is 12.1 Å². The molecule has 13 heteroatoms. The van der Waals surface area contributed by atoms with Crippen LogP contribution < -0.4 is 0 Å². The maximum atomic E-state index is 6.14. The molecule has 446 valence electrons. The average molecular weight is 1140 g/mol. The molecule has 11 nitrogen and oxygen atoms in total. The first-order chi connectivity index (χ1) is 37.6. The highest BCUT2D eigenvalue weighted by Crippen LogP contribution is 2.36. The van der Waals surface area contributed by atoms with Crippen LogP contribution in [0.4, 0.5) is 0 Å². The molecule has 0 amide bonds. The van der Waals surface area contributed by atoms with Crippen LogP contribution in [0.5, 0.6) is 0 Å². The summed E-state index contributed by atoms with van der Waals surface area (Å²) in [6.07, 6.45) is -0.272. The van der Waals surface area contributed by atoms with Crippen molar-refractivity contribution in [3.8, 4) is 0 Å². The van der Waals surface area contributed by atoms with Crippen molar-refractivity contribution in [1.82, 2.24) is 4.23 Å². The van der Waals surface area contributed by atoms with E-state index in [2.05, 4.69) is 166 Å². The van der Waals surface area contributed by atoms with Crippen LogP contribution in [-0.2, 0) is 80.4 Å². The van der Waals surface area contributed by atoms with Crippen LogP contribution in [0.1, 0.15) is 129 Å². The number of rotatable bonds is 25. The number of benzene rings is 5. The summed E-state index contributed by atoms with van der Waals surface area (Å²) in [6, 6.07) is 51.8. The molecule has 0 unspecified atom stereocenters. The Bertz CT molecular complexity index is 2220. The van der Waals surface area contributed by atoms with Gasteiger partial charge in [0.1, 0.15) is 16.5 Å². The zero-order valence-corrected chi connectivity index (χ0v) is 54.6. The monoisotopic (exact) mass is 1140 g/mol. The first-order valence-corrected chi connectivity index (χ1v) is 35.0. The van der Waals surface area contributed by atoms with Gasteiger partial charge >= 0.3 is 0 Å². The van der Waals surface area contributed by atoms with E-state index in [0.29, 0.717) is 52.7 Å². The van der Waals surface area contributed by atoms with Gasteiger partial charge in [0, 0.05) is 32.7 Å². The molecule has 0 aliphatic carbocycles. The lowest BCUT2D eigenvalue weighted by Crippen LogP contribution is -2.56. The number of hydrogen-bond donors (Lipinski definition) is 0. The Balaban J connectivity index is 0.000000297. The van der Waals surface area contributed by atoms with Crippen molar-refractivity contribution >= 4 is 16.5 Å². The van der Waals surface area contributed by atoms with Crippen molar-refractivity contribution < 1.29 is 47.4 Å². The van der Waals surface area contributed by atoms with Crippen molar-refractivity contribution in [3.05, 3.63) is 179 Å². The molecule has 0 radical (unpaired) electrons. The Morgan fingerprint density at radius 3 is 1.07 bits per heavy atom. The fourth-order valence-corrected chi connectivity index (χ4v) is 22.4. The molecule has 0 atom stereocenters. The third-order valence-electron chi connectivity index (χ3n) is 12.7. The van der Waals surface area contributed by atoms with Crippen LogP contribution in [0.15, 0.2) is 146 Å². The van der Waals surface area contributed by atoms with Gasteiger partial charge in [0.05, 0.1) is 75.3 Å². The smallest absolute Gasteiger partial charge is 0.184 e. The van der Waals surface area contributed by atoms with Crippen LogP contribution in [0.25, 0.3) is 0 Å². The van der Waals surface area contributed by atoms with Gasteiger partial charge in [0.2, 0.25) is 0 Å². The van der Waals surface area contributed by atoms with Gasteiger partial charge in [-0.2, -0.15) is 0 Å². The lowest BCUT2D eigenvalue weighted by atomic mass is 10.1. The minimum absolute atomic E-state index is 0.0110. The molecule has 5 aromatic rings. The Hall–Kier alpha value is -3.91. The van der Waals surface area contributed by atoms with E-state index in [1.54, 1.807) is 14.2 Å². The van der Waals surface area contributed by atoms with Gasteiger partial charge in [-0.05, 0) is 123 Å². The number of methoxy groups -OCH3 is 2. The maximum Gasteiger partial charge on any atom is 0.184 e. The van der Waals surface area contributed by atoms with E-state index < -0.39 is 22.8 Å². The van der Waals surface area contributed by atoms with Crippen LogP contribution in [0.3, 0.4) is 0 Å². The zero-order valence-electron chi connectivity index (χ0n) is 52.6. The second-order valence-electron chi connectivity index (χ2n) is 25.4. The molecule has 0 spiro atoms. The molecule has 0 N–H and O–H groups in total.